The van der Waals surface area contributed by atoms with Gasteiger partial charge in [-0.05, 0) is 52.9 Å². The smallest absolute Gasteiger partial charge is 0.410 e. The fraction of sp³-hybridized carbons (Fsp3) is 0.667. The molecule has 3 atom stereocenters. The van der Waals surface area contributed by atoms with Crippen LogP contribution in [0.15, 0.2) is 6.33 Å². The minimum Gasteiger partial charge on any atom is -0.444 e. The van der Waals surface area contributed by atoms with Crippen LogP contribution in [0.3, 0.4) is 0 Å². The van der Waals surface area contributed by atoms with Gasteiger partial charge < -0.3 is 15.4 Å². The van der Waals surface area contributed by atoms with E-state index in [2.05, 4.69) is 9.97 Å². The van der Waals surface area contributed by atoms with Gasteiger partial charge in [-0.2, -0.15) is 5.10 Å². The second kappa shape index (κ2) is 5.82. The van der Waals surface area contributed by atoms with E-state index >= 15 is 0 Å². The van der Waals surface area contributed by atoms with Gasteiger partial charge in [-0.3, -0.25) is 0 Å². The standard InChI is InChI=1S/C18H26N6O2/c1-10-14-15(19)20-9-21-16(14)24(22-10)13-7-11-5-6-12(13)23(8-11)17(25)26-18(2,3)4/h9,11-13H,5-8H2,1-4H3,(H2,19,20,21). The molecule has 2 saturated heterocycles. The van der Waals surface area contributed by atoms with Crippen LogP contribution in [0.4, 0.5) is 10.6 Å². The molecule has 140 valence electrons. The molecule has 2 aromatic rings. The zero-order valence-corrected chi connectivity index (χ0v) is 15.8. The molecule has 2 aliphatic heterocycles. The van der Waals surface area contributed by atoms with E-state index in [1.165, 1.54) is 6.33 Å². The van der Waals surface area contributed by atoms with Crippen molar-refractivity contribution in [1.82, 2.24) is 24.6 Å². The van der Waals surface area contributed by atoms with Gasteiger partial charge in [0.1, 0.15) is 17.7 Å². The number of nitrogen functional groups attached to an aromatic ring is 1. The Morgan fingerprint density at radius 3 is 2.73 bits per heavy atom. The predicted molar refractivity (Wildman–Crippen MR) is 97.6 cm³/mol. The van der Waals surface area contributed by atoms with Gasteiger partial charge in [0.05, 0.1) is 23.2 Å². The van der Waals surface area contributed by atoms with Crippen LogP contribution in [-0.2, 0) is 4.74 Å². The van der Waals surface area contributed by atoms with Crippen LogP contribution in [-0.4, -0.2) is 48.9 Å². The van der Waals surface area contributed by atoms with Crippen molar-refractivity contribution in [2.45, 2.75) is 64.6 Å². The van der Waals surface area contributed by atoms with E-state index in [0.717, 1.165) is 42.5 Å². The van der Waals surface area contributed by atoms with Gasteiger partial charge in [0.2, 0.25) is 0 Å². The molecule has 1 amide bonds. The number of piperidine rings is 2. The second-order valence-electron chi connectivity index (χ2n) is 8.43. The first kappa shape index (κ1) is 17.1. The average molecular weight is 358 g/mol. The number of rotatable bonds is 1. The van der Waals surface area contributed by atoms with Crippen LogP contribution >= 0.6 is 0 Å². The quantitative estimate of drug-likeness (QED) is 0.841. The first-order chi connectivity index (χ1) is 12.2. The van der Waals surface area contributed by atoms with Crippen LogP contribution in [0.25, 0.3) is 11.0 Å². The number of nitrogens with zero attached hydrogens (tertiary/aromatic N) is 5. The lowest BCUT2D eigenvalue weighted by molar-refractivity contribution is -0.0301. The Kier molecular flexibility index (Phi) is 3.82. The van der Waals surface area contributed by atoms with Gasteiger partial charge in [-0.25, -0.2) is 19.4 Å². The molecule has 26 heavy (non-hydrogen) atoms. The summed E-state index contributed by atoms with van der Waals surface area (Å²) >= 11 is 0. The van der Waals surface area contributed by atoms with Gasteiger partial charge in [0.15, 0.2) is 5.65 Å². The highest BCUT2D eigenvalue weighted by Gasteiger charge is 2.46. The Labute approximate surface area is 152 Å². The third-order valence-corrected chi connectivity index (χ3v) is 5.38. The summed E-state index contributed by atoms with van der Waals surface area (Å²) in [5, 5.41) is 5.52. The van der Waals surface area contributed by atoms with Crippen molar-refractivity contribution in [3.63, 3.8) is 0 Å². The predicted octanol–water partition coefficient (Wildman–Crippen LogP) is 2.68. The van der Waals surface area contributed by atoms with Crippen LogP contribution in [0.5, 0.6) is 0 Å². The van der Waals surface area contributed by atoms with Crippen molar-refractivity contribution < 1.29 is 9.53 Å². The number of amides is 1. The van der Waals surface area contributed by atoms with Gasteiger partial charge in [0.25, 0.3) is 0 Å². The molecule has 8 nitrogen and oxygen atoms in total. The Balaban J connectivity index is 1.70. The number of aryl methyl sites for hydroxylation is 1. The Hall–Kier alpha value is -2.38. The van der Waals surface area contributed by atoms with Crippen LogP contribution in [0.1, 0.15) is 51.8 Å². The maximum Gasteiger partial charge on any atom is 0.410 e. The molecule has 1 saturated carbocycles. The number of hydrogen-bond donors (Lipinski definition) is 1. The number of anilines is 1. The normalized spacial score (nSPS) is 25.7. The SMILES string of the molecule is Cc1nn(C2CC3CCC2N(C(=O)OC(C)(C)C)C3)c2ncnc(N)c12. The minimum atomic E-state index is -0.500. The highest BCUT2D eigenvalue weighted by Crippen LogP contribution is 2.43. The Morgan fingerprint density at radius 1 is 1.27 bits per heavy atom. The molecule has 2 N–H and O–H groups in total. The molecule has 0 aromatic carbocycles. The van der Waals surface area contributed by atoms with E-state index in [0.29, 0.717) is 11.7 Å². The number of ether oxygens (including phenoxy) is 1. The fourth-order valence-corrected chi connectivity index (χ4v) is 4.35. The summed E-state index contributed by atoms with van der Waals surface area (Å²) in [6.45, 7) is 8.37. The zero-order valence-electron chi connectivity index (χ0n) is 15.8. The van der Waals surface area contributed by atoms with Crippen molar-refractivity contribution in [1.29, 1.82) is 0 Å². The summed E-state index contributed by atoms with van der Waals surface area (Å²) in [6, 6.07) is 0.147. The Morgan fingerprint density at radius 2 is 2.04 bits per heavy atom. The largest absolute Gasteiger partial charge is 0.444 e. The molecular formula is C18H26N6O2. The Bertz CT molecular complexity index is 855. The molecule has 0 radical (unpaired) electrons. The molecule has 0 spiro atoms. The van der Waals surface area contributed by atoms with Gasteiger partial charge >= 0.3 is 6.09 Å². The summed E-state index contributed by atoms with van der Waals surface area (Å²) in [5.41, 5.74) is 7.10. The van der Waals surface area contributed by atoms with Gasteiger partial charge in [-0.1, -0.05) is 0 Å². The van der Waals surface area contributed by atoms with E-state index in [1.54, 1.807) is 0 Å². The van der Waals surface area contributed by atoms with Gasteiger partial charge in [0, 0.05) is 6.54 Å². The lowest BCUT2D eigenvalue weighted by Gasteiger charge is -2.49. The number of nitrogens with two attached hydrogens (primary N) is 1. The van der Waals surface area contributed by atoms with Crippen molar-refractivity contribution in [3.05, 3.63) is 12.0 Å². The number of carbonyl (C=O) groups is 1. The zero-order chi connectivity index (χ0) is 18.6. The number of carbonyl (C=O) groups excluding carboxylic acids is 1. The molecule has 3 aliphatic rings. The number of aromatic nitrogens is 4. The summed E-state index contributed by atoms with van der Waals surface area (Å²) in [4.78, 5) is 23.1. The summed E-state index contributed by atoms with van der Waals surface area (Å²) < 4.78 is 7.59. The maximum absolute atomic E-state index is 12.7. The monoisotopic (exact) mass is 358 g/mol. The lowest BCUT2D eigenvalue weighted by atomic mass is 9.76. The highest BCUT2D eigenvalue weighted by molar-refractivity contribution is 5.88. The molecule has 4 heterocycles. The third-order valence-electron chi connectivity index (χ3n) is 5.38. The summed E-state index contributed by atoms with van der Waals surface area (Å²) in [5.74, 6) is 0.903. The molecule has 2 aromatic heterocycles. The van der Waals surface area contributed by atoms with Crippen molar-refractivity contribution in [2.75, 3.05) is 12.3 Å². The topological polar surface area (TPSA) is 99.2 Å². The molecule has 1 aliphatic carbocycles. The van der Waals surface area contributed by atoms with E-state index in [1.807, 2.05) is 37.3 Å². The summed E-state index contributed by atoms with van der Waals surface area (Å²) in [7, 11) is 0. The number of hydrogen-bond acceptors (Lipinski definition) is 6. The van der Waals surface area contributed by atoms with Crippen LogP contribution in [0.2, 0.25) is 0 Å². The first-order valence-corrected chi connectivity index (χ1v) is 9.19. The third kappa shape index (κ3) is 2.77. The van der Waals surface area contributed by atoms with Gasteiger partial charge in [-0.15, -0.1) is 0 Å². The van der Waals surface area contributed by atoms with Crippen molar-refractivity contribution >= 4 is 22.9 Å². The van der Waals surface area contributed by atoms with Crippen LogP contribution < -0.4 is 5.73 Å². The summed E-state index contributed by atoms with van der Waals surface area (Å²) in [6.07, 6.45) is 4.32. The molecule has 3 unspecified atom stereocenters. The highest BCUT2D eigenvalue weighted by atomic mass is 16.6. The van der Waals surface area contributed by atoms with E-state index < -0.39 is 5.60 Å². The second-order valence-corrected chi connectivity index (χ2v) is 8.43. The minimum absolute atomic E-state index is 0.0635. The molecule has 2 bridgehead atoms. The van der Waals surface area contributed by atoms with Crippen LogP contribution in [0, 0.1) is 12.8 Å². The molecule has 8 heteroatoms. The van der Waals surface area contributed by atoms with E-state index in [-0.39, 0.29) is 18.2 Å². The molecular weight excluding hydrogens is 332 g/mol. The van der Waals surface area contributed by atoms with E-state index in [9.17, 15) is 4.79 Å². The van der Waals surface area contributed by atoms with E-state index in [4.69, 9.17) is 15.6 Å². The number of fused-ring (bicyclic) bond motifs is 4. The maximum atomic E-state index is 12.7. The average Bonchev–Trinajstić information content (AvgIpc) is 2.92. The van der Waals surface area contributed by atoms with Crippen molar-refractivity contribution in [3.8, 4) is 0 Å². The molecule has 3 fully saturated rings. The fourth-order valence-electron chi connectivity index (χ4n) is 4.35. The molecule has 5 rings (SSSR count). The lowest BCUT2D eigenvalue weighted by Crippen LogP contribution is -2.56. The van der Waals surface area contributed by atoms with Crippen molar-refractivity contribution in [2.24, 2.45) is 5.92 Å². The first-order valence-electron chi connectivity index (χ1n) is 9.19.